The predicted octanol–water partition coefficient (Wildman–Crippen LogP) is 1.30. The molecular weight excluding hydrogens is 155 g/mol. The highest BCUT2D eigenvalue weighted by Crippen LogP contribution is 2.12. The minimum absolute atomic E-state index is 0.233. The standard InChI is InChI=1S/C9H13FN2/c10-9-6-8(12)4-3-7(9)2-1-5-11/h3-4,6H,1-2,5,11-12H2. The molecule has 1 aromatic carbocycles. The lowest BCUT2D eigenvalue weighted by atomic mass is 10.1. The van der Waals surface area contributed by atoms with Gasteiger partial charge in [-0.05, 0) is 37.1 Å². The van der Waals surface area contributed by atoms with E-state index in [0.717, 1.165) is 6.42 Å². The van der Waals surface area contributed by atoms with E-state index in [4.69, 9.17) is 11.5 Å². The molecule has 3 heteroatoms. The minimum atomic E-state index is -0.233. The summed E-state index contributed by atoms with van der Waals surface area (Å²) < 4.78 is 13.1. The third-order valence-electron chi connectivity index (χ3n) is 1.73. The van der Waals surface area contributed by atoms with Crippen molar-refractivity contribution in [2.75, 3.05) is 12.3 Å². The number of nitrogens with two attached hydrogens (primary N) is 2. The second-order valence-electron chi connectivity index (χ2n) is 2.74. The van der Waals surface area contributed by atoms with E-state index in [-0.39, 0.29) is 5.82 Å². The molecule has 0 heterocycles. The molecule has 0 bridgehead atoms. The number of hydrogen-bond donors (Lipinski definition) is 2. The van der Waals surface area contributed by atoms with Crippen molar-refractivity contribution in [3.63, 3.8) is 0 Å². The van der Waals surface area contributed by atoms with Crippen LogP contribution in [0.1, 0.15) is 12.0 Å². The van der Waals surface area contributed by atoms with Crippen LogP contribution < -0.4 is 11.5 Å². The Labute approximate surface area is 71.4 Å². The van der Waals surface area contributed by atoms with Gasteiger partial charge in [0.2, 0.25) is 0 Å². The van der Waals surface area contributed by atoms with Crippen molar-refractivity contribution in [3.05, 3.63) is 29.6 Å². The van der Waals surface area contributed by atoms with Gasteiger partial charge in [0.1, 0.15) is 5.82 Å². The SMILES string of the molecule is NCCCc1ccc(N)cc1F. The highest BCUT2D eigenvalue weighted by atomic mass is 19.1. The molecule has 0 aliphatic carbocycles. The van der Waals surface area contributed by atoms with Crippen LogP contribution in [0, 0.1) is 5.82 Å². The lowest BCUT2D eigenvalue weighted by molar-refractivity contribution is 0.606. The monoisotopic (exact) mass is 168 g/mol. The Kier molecular flexibility index (Phi) is 3.05. The molecule has 0 unspecified atom stereocenters. The first-order valence-corrected chi connectivity index (χ1v) is 3.98. The van der Waals surface area contributed by atoms with E-state index in [2.05, 4.69) is 0 Å². The van der Waals surface area contributed by atoms with Crippen LogP contribution in [-0.2, 0) is 6.42 Å². The van der Waals surface area contributed by atoms with Crippen LogP contribution in [0.25, 0.3) is 0 Å². The third-order valence-corrected chi connectivity index (χ3v) is 1.73. The topological polar surface area (TPSA) is 52.0 Å². The molecule has 2 nitrogen and oxygen atoms in total. The normalized spacial score (nSPS) is 10.2. The molecule has 0 aromatic heterocycles. The molecular formula is C9H13FN2. The highest BCUT2D eigenvalue weighted by molar-refractivity contribution is 5.40. The first-order valence-electron chi connectivity index (χ1n) is 3.98. The molecule has 0 radical (unpaired) electrons. The summed E-state index contributed by atoms with van der Waals surface area (Å²) in [4.78, 5) is 0. The Morgan fingerprint density at radius 2 is 2.08 bits per heavy atom. The number of anilines is 1. The Morgan fingerprint density at radius 3 is 2.67 bits per heavy atom. The van der Waals surface area contributed by atoms with Crippen molar-refractivity contribution in [1.29, 1.82) is 0 Å². The molecule has 0 spiro atoms. The van der Waals surface area contributed by atoms with Crippen LogP contribution in [0.3, 0.4) is 0 Å². The lowest BCUT2D eigenvalue weighted by Crippen LogP contribution is -2.01. The number of nitrogen functional groups attached to an aromatic ring is 1. The zero-order valence-corrected chi connectivity index (χ0v) is 6.89. The quantitative estimate of drug-likeness (QED) is 0.668. The predicted molar refractivity (Wildman–Crippen MR) is 48.2 cm³/mol. The Bertz CT molecular complexity index is 261. The van der Waals surface area contributed by atoms with Crippen molar-refractivity contribution < 1.29 is 4.39 Å². The van der Waals surface area contributed by atoms with Crippen molar-refractivity contribution in [1.82, 2.24) is 0 Å². The highest BCUT2D eigenvalue weighted by Gasteiger charge is 2.00. The summed E-state index contributed by atoms with van der Waals surface area (Å²) >= 11 is 0. The third kappa shape index (κ3) is 2.20. The average Bonchev–Trinajstić information content (AvgIpc) is 2.03. The summed E-state index contributed by atoms with van der Waals surface area (Å²) in [5.74, 6) is -0.233. The van der Waals surface area contributed by atoms with Crippen LogP contribution in [-0.4, -0.2) is 6.54 Å². The fourth-order valence-corrected chi connectivity index (χ4v) is 1.06. The van der Waals surface area contributed by atoms with Gasteiger partial charge in [0, 0.05) is 5.69 Å². The Morgan fingerprint density at radius 1 is 1.33 bits per heavy atom. The van der Waals surface area contributed by atoms with Crippen molar-refractivity contribution >= 4 is 5.69 Å². The van der Waals surface area contributed by atoms with Crippen molar-refractivity contribution in [2.24, 2.45) is 5.73 Å². The first-order chi connectivity index (χ1) is 5.74. The average molecular weight is 168 g/mol. The second-order valence-corrected chi connectivity index (χ2v) is 2.74. The number of hydrogen-bond acceptors (Lipinski definition) is 2. The Balaban J connectivity index is 2.72. The van der Waals surface area contributed by atoms with Gasteiger partial charge in [-0.15, -0.1) is 0 Å². The van der Waals surface area contributed by atoms with Gasteiger partial charge in [-0.2, -0.15) is 0 Å². The van der Waals surface area contributed by atoms with E-state index in [1.807, 2.05) is 0 Å². The maximum atomic E-state index is 13.1. The number of aryl methyl sites for hydroxylation is 1. The summed E-state index contributed by atoms with van der Waals surface area (Å²) in [5.41, 5.74) is 11.9. The zero-order chi connectivity index (χ0) is 8.97. The minimum Gasteiger partial charge on any atom is -0.399 e. The smallest absolute Gasteiger partial charge is 0.128 e. The van der Waals surface area contributed by atoms with Gasteiger partial charge < -0.3 is 11.5 Å². The molecule has 1 aromatic rings. The fourth-order valence-electron chi connectivity index (χ4n) is 1.06. The van der Waals surface area contributed by atoms with Gasteiger partial charge in [-0.1, -0.05) is 6.07 Å². The van der Waals surface area contributed by atoms with Crippen LogP contribution >= 0.6 is 0 Å². The van der Waals surface area contributed by atoms with Crippen LogP contribution in [0.15, 0.2) is 18.2 Å². The molecule has 12 heavy (non-hydrogen) atoms. The van der Waals surface area contributed by atoms with Gasteiger partial charge in [0.05, 0.1) is 0 Å². The van der Waals surface area contributed by atoms with Crippen molar-refractivity contribution in [3.8, 4) is 0 Å². The first kappa shape index (κ1) is 9.00. The van der Waals surface area contributed by atoms with Crippen LogP contribution in [0.2, 0.25) is 0 Å². The van der Waals surface area contributed by atoms with E-state index in [1.54, 1.807) is 12.1 Å². The van der Waals surface area contributed by atoms with E-state index >= 15 is 0 Å². The second kappa shape index (κ2) is 4.07. The molecule has 0 fully saturated rings. The van der Waals surface area contributed by atoms with E-state index < -0.39 is 0 Å². The Hall–Kier alpha value is -1.09. The molecule has 0 atom stereocenters. The molecule has 1 rings (SSSR count). The summed E-state index contributed by atoms with van der Waals surface area (Å²) in [6.45, 7) is 0.587. The molecule has 4 N–H and O–H groups in total. The van der Waals surface area contributed by atoms with Gasteiger partial charge in [-0.3, -0.25) is 0 Å². The van der Waals surface area contributed by atoms with E-state index in [1.165, 1.54) is 6.07 Å². The number of benzene rings is 1. The van der Waals surface area contributed by atoms with E-state index in [9.17, 15) is 4.39 Å². The lowest BCUT2D eigenvalue weighted by Gasteiger charge is -2.02. The van der Waals surface area contributed by atoms with E-state index in [0.29, 0.717) is 24.2 Å². The van der Waals surface area contributed by atoms with Crippen LogP contribution in [0.4, 0.5) is 10.1 Å². The summed E-state index contributed by atoms with van der Waals surface area (Å²) in [6.07, 6.45) is 1.49. The summed E-state index contributed by atoms with van der Waals surface area (Å²) in [7, 11) is 0. The number of halogens is 1. The summed E-state index contributed by atoms with van der Waals surface area (Å²) in [5, 5.41) is 0. The van der Waals surface area contributed by atoms with Gasteiger partial charge in [0.25, 0.3) is 0 Å². The number of rotatable bonds is 3. The van der Waals surface area contributed by atoms with Crippen molar-refractivity contribution in [2.45, 2.75) is 12.8 Å². The van der Waals surface area contributed by atoms with Gasteiger partial charge in [0.15, 0.2) is 0 Å². The van der Waals surface area contributed by atoms with Gasteiger partial charge >= 0.3 is 0 Å². The maximum Gasteiger partial charge on any atom is 0.128 e. The fraction of sp³-hybridized carbons (Fsp3) is 0.333. The zero-order valence-electron chi connectivity index (χ0n) is 6.89. The molecule has 0 amide bonds. The molecule has 0 aliphatic rings. The summed E-state index contributed by atoms with van der Waals surface area (Å²) in [6, 6.07) is 4.75. The van der Waals surface area contributed by atoms with Gasteiger partial charge in [-0.25, -0.2) is 4.39 Å². The molecule has 0 saturated carbocycles. The molecule has 0 aliphatic heterocycles. The molecule has 66 valence electrons. The van der Waals surface area contributed by atoms with Crippen LogP contribution in [0.5, 0.6) is 0 Å². The molecule has 0 saturated heterocycles. The largest absolute Gasteiger partial charge is 0.399 e. The maximum absolute atomic E-state index is 13.1.